The van der Waals surface area contributed by atoms with Gasteiger partial charge in [-0.2, -0.15) is 0 Å². The third-order valence-corrected chi connectivity index (χ3v) is 3.80. The lowest BCUT2D eigenvalue weighted by Gasteiger charge is -2.07. The molecule has 2 N–H and O–H groups in total. The molecule has 20 heavy (non-hydrogen) atoms. The number of rotatable bonds is 7. The fourth-order valence-electron chi connectivity index (χ4n) is 1.40. The summed E-state index contributed by atoms with van der Waals surface area (Å²) in [6.07, 6.45) is -0.235. The molecule has 0 unspecified atom stereocenters. The number of methoxy groups -OCH3 is 1. The summed E-state index contributed by atoms with van der Waals surface area (Å²) in [5.41, 5.74) is 0.600. The van der Waals surface area contributed by atoms with Crippen LogP contribution in [0.25, 0.3) is 0 Å². The molecule has 1 aromatic rings. The van der Waals surface area contributed by atoms with Gasteiger partial charge < -0.3 is 9.84 Å². The van der Waals surface area contributed by atoms with Gasteiger partial charge in [-0.3, -0.25) is 4.79 Å². The van der Waals surface area contributed by atoms with Crippen LogP contribution < -0.4 is 4.72 Å². The number of nitrogens with one attached hydrogen (secondary N) is 1. The second-order valence-electron chi connectivity index (χ2n) is 3.97. The van der Waals surface area contributed by atoms with Crippen LogP contribution >= 0.6 is 0 Å². The Labute approximate surface area is 116 Å². The first kappa shape index (κ1) is 16.1. The lowest BCUT2D eigenvalue weighted by atomic mass is 10.1. The van der Waals surface area contributed by atoms with E-state index < -0.39 is 22.0 Å². The van der Waals surface area contributed by atoms with Gasteiger partial charge in [-0.05, 0) is 17.7 Å². The minimum Gasteiger partial charge on any atom is -0.478 e. The number of benzene rings is 1. The Morgan fingerprint density at radius 3 is 2.65 bits per heavy atom. The predicted octanol–water partition coefficient (Wildman–Crippen LogP) is 0.367. The number of aromatic carboxylic acids is 1. The van der Waals surface area contributed by atoms with Crippen molar-refractivity contribution in [1.29, 1.82) is 0 Å². The number of hydrogen-bond acceptors (Lipinski definition) is 5. The van der Waals surface area contributed by atoms with Gasteiger partial charge in [0.2, 0.25) is 10.0 Å². The summed E-state index contributed by atoms with van der Waals surface area (Å²) in [4.78, 5) is 21.6. The summed E-state index contributed by atoms with van der Waals surface area (Å²) in [7, 11) is -2.44. The summed E-state index contributed by atoms with van der Waals surface area (Å²) < 4.78 is 29.9. The standard InChI is InChI=1S/C12H15NO6S/c1-19-11(14)5-6-20(17,18)13-8-9-3-2-4-10(7-9)12(15)16/h2-4,7,13H,5-6,8H2,1H3,(H,15,16). The molecule has 7 nitrogen and oxygen atoms in total. The van der Waals surface area contributed by atoms with Crippen LogP contribution in [-0.4, -0.2) is 38.3 Å². The van der Waals surface area contributed by atoms with Gasteiger partial charge in [-0.15, -0.1) is 0 Å². The Morgan fingerprint density at radius 2 is 2.05 bits per heavy atom. The Balaban J connectivity index is 2.60. The molecule has 1 rings (SSSR count). The van der Waals surface area contributed by atoms with Crippen molar-refractivity contribution in [1.82, 2.24) is 4.72 Å². The monoisotopic (exact) mass is 301 g/mol. The first-order valence-corrected chi connectivity index (χ1v) is 7.35. The molecule has 0 saturated carbocycles. The molecular weight excluding hydrogens is 286 g/mol. The molecule has 0 spiro atoms. The lowest BCUT2D eigenvalue weighted by Crippen LogP contribution is -2.27. The van der Waals surface area contributed by atoms with Crippen LogP contribution in [0.5, 0.6) is 0 Å². The summed E-state index contributed by atoms with van der Waals surface area (Å²) >= 11 is 0. The first-order valence-electron chi connectivity index (χ1n) is 5.70. The molecule has 0 aliphatic heterocycles. The number of esters is 1. The third-order valence-electron chi connectivity index (χ3n) is 2.47. The Bertz CT molecular complexity index is 596. The van der Waals surface area contributed by atoms with Crippen molar-refractivity contribution in [2.75, 3.05) is 12.9 Å². The summed E-state index contributed by atoms with van der Waals surface area (Å²) in [5.74, 6) is -2.07. The number of sulfonamides is 1. The Hall–Kier alpha value is -1.93. The number of hydrogen-bond donors (Lipinski definition) is 2. The van der Waals surface area contributed by atoms with Crippen LogP contribution in [0.4, 0.5) is 0 Å². The first-order chi connectivity index (χ1) is 9.34. The van der Waals surface area contributed by atoms with E-state index in [-0.39, 0.29) is 24.3 Å². The largest absolute Gasteiger partial charge is 0.478 e. The van der Waals surface area contributed by atoms with E-state index in [9.17, 15) is 18.0 Å². The van der Waals surface area contributed by atoms with Crippen LogP contribution in [0.15, 0.2) is 24.3 Å². The molecule has 0 aliphatic carbocycles. The molecule has 0 radical (unpaired) electrons. The van der Waals surface area contributed by atoms with E-state index in [2.05, 4.69) is 9.46 Å². The fourth-order valence-corrected chi connectivity index (χ4v) is 2.37. The molecule has 8 heteroatoms. The quantitative estimate of drug-likeness (QED) is 0.704. The average molecular weight is 301 g/mol. The zero-order valence-electron chi connectivity index (χ0n) is 10.8. The molecule has 0 saturated heterocycles. The molecule has 0 aliphatic rings. The molecule has 1 aromatic carbocycles. The minimum atomic E-state index is -3.62. The van der Waals surface area contributed by atoms with E-state index in [1.807, 2.05) is 0 Å². The third kappa shape index (κ3) is 5.37. The molecule has 0 atom stereocenters. The lowest BCUT2D eigenvalue weighted by molar-refractivity contribution is -0.140. The van der Waals surface area contributed by atoms with Crippen molar-refractivity contribution < 1.29 is 27.9 Å². The number of carbonyl (C=O) groups is 2. The van der Waals surface area contributed by atoms with Crippen molar-refractivity contribution in [2.45, 2.75) is 13.0 Å². The molecule has 0 amide bonds. The van der Waals surface area contributed by atoms with Gasteiger partial charge in [0.1, 0.15) is 0 Å². The van der Waals surface area contributed by atoms with E-state index in [4.69, 9.17) is 5.11 Å². The van der Waals surface area contributed by atoms with Crippen LogP contribution in [0.3, 0.4) is 0 Å². The van der Waals surface area contributed by atoms with Crippen molar-refractivity contribution >= 4 is 22.0 Å². The number of carboxylic acid groups (broad SMARTS) is 1. The van der Waals surface area contributed by atoms with E-state index in [1.54, 1.807) is 6.07 Å². The topological polar surface area (TPSA) is 110 Å². The number of ether oxygens (including phenoxy) is 1. The molecule has 110 valence electrons. The van der Waals surface area contributed by atoms with Gasteiger partial charge in [0.15, 0.2) is 0 Å². The maximum absolute atomic E-state index is 11.6. The fraction of sp³-hybridized carbons (Fsp3) is 0.333. The van der Waals surface area contributed by atoms with Crippen molar-refractivity contribution in [2.24, 2.45) is 0 Å². The maximum atomic E-state index is 11.6. The van der Waals surface area contributed by atoms with Crippen molar-refractivity contribution in [3.8, 4) is 0 Å². The minimum absolute atomic E-state index is 0.0371. The highest BCUT2D eigenvalue weighted by atomic mass is 32.2. The smallest absolute Gasteiger partial charge is 0.335 e. The SMILES string of the molecule is COC(=O)CCS(=O)(=O)NCc1cccc(C(=O)O)c1. The highest BCUT2D eigenvalue weighted by Gasteiger charge is 2.13. The number of carboxylic acids is 1. The zero-order valence-corrected chi connectivity index (χ0v) is 11.6. The molecule has 0 heterocycles. The van der Waals surface area contributed by atoms with E-state index in [1.165, 1.54) is 25.3 Å². The van der Waals surface area contributed by atoms with Crippen LogP contribution in [0.2, 0.25) is 0 Å². The van der Waals surface area contributed by atoms with Gasteiger partial charge in [0.05, 0.1) is 24.8 Å². The summed E-state index contributed by atoms with van der Waals surface area (Å²) in [6, 6.07) is 5.93. The van der Waals surface area contributed by atoms with Crippen LogP contribution in [0, 0.1) is 0 Å². The van der Waals surface area contributed by atoms with Gasteiger partial charge in [0, 0.05) is 6.54 Å². The molecule has 0 fully saturated rings. The Kier molecular flexibility index (Phi) is 5.66. The van der Waals surface area contributed by atoms with Crippen LogP contribution in [-0.2, 0) is 26.1 Å². The second-order valence-corrected chi connectivity index (χ2v) is 5.90. The second kappa shape index (κ2) is 7.01. The van der Waals surface area contributed by atoms with Gasteiger partial charge in [-0.1, -0.05) is 12.1 Å². The van der Waals surface area contributed by atoms with Crippen molar-refractivity contribution in [3.63, 3.8) is 0 Å². The highest BCUT2D eigenvalue weighted by Crippen LogP contribution is 2.06. The van der Waals surface area contributed by atoms with Crippen molar-refractivity contribution in [3.05, 3.63) is 35.4 Å². The van der Waals surface area contributed by atoms with E-state index in [0.29, 0.717) is 5.56 Å². The molecule has 0 aromatic heterocycles. The highest BCUT2D eigenvalue weighted by molar-refractivity contribution is 7.89. The molecular formula is C12H15NO6S. The summed E-state index contributed by atoms with van der Waals surface area (Å²) in [5, 5.41) is 8.82. The van der Waals surface area contributed by atoms with Gasteiger partial charge in [-0.25, -0.2) is 17.9 Å². The normalized spacial score (nSPS) is 11.1. The Morgan fingerprint density at radius 1 is 1.35 bits per heavy atom. The average Bonchev–Trinajstić information content (AvgIpc) is 2.43. The van der Waals surface area contributed by atoms with E-state index in [0.717, 1.165) is 0 Å². The van der Waals surface area contributed by atoms with Gasteiger partial charge >= 0.3 is 11.9 Å². The zero-order chi connectivity index (χ0) is 15.2. The van der Waals surface area contributed by atoms with Crippen LogP contribution in [0.1, 0.15) is 22.3 Å². The predicted molar refractivity (Wildman–Crippen MR) is 70.7 cm³/mol. The molecule has 0 bridgehead atoms. The maximum Gasteiger partial charge on any atom is 0.335 e. The number of carbonyl (C=O) groups excluding carboxylic acids is 1. The van der Waals surface area contributed by atoms with E-state index >= 15 is 0 Å². The summed E-state index contributed by atoms with van der Waals surface area (Å²) in [6.45, 7) is -0.0371. The van der Waals surface area contributed by atoms with Gasteiger partial charge in [0.25, 0.3) is 0 Å².